The van der Waals surface area contributed by atoms with E-state index in [0.29, 0.717) is 13.1 Å². The minimum Gasteiger partial charge on any atom is -0.389 e. The van der Waals surface area contributed by atoms with Gasteiger partial charge >= 0.3 is 0 Å². The predicted molar refractivity (Wildman–Crippen MR) is 61.5 cm³/mol. The van der Waals surface area contributed by atoms with Crippen LogP contribution in [0.3, 0.4) is 0 Å². The van der Waals surface area contributed by atoms with Gasteiger partial charge in [-0.05, 0) is 44.0 Å². The molecule has 0 radical (unpaired) electrons. The summed E-state index contributed by atoms with van der Waals surface area (Å²) in [5.41, 5.74) is 0.0678. The Kier molecular flexibility index (Phi) is 3.45. The highest BCUT2D eigenvalue weighted by Gasteiger charge is 2.28. The number of likely N-dealkylation sites (tertiary alicyclic amines) is 1. The van der Waals surface area contributed by atoms with Gasteiger partial charge in [-0.1, -0.05) is 6.07 Å². The summed E-state index contributed by atoms with van der Waals surface area (Å²) in [5.74, 6) is -1.63. The number of hydrogen-bond acceptors (Lipinski definition) is 2. The van der Waals surface area contributed by atoms with E-state index in [2.05, 4.69) is 4.90 Å². The molecule has 0 amide bonds. The first-order valence-corrected chi connectivity index (χ1v) is 5.85. The van der Waals surface area contributed by atoms with Gasteiger partial charge in [0.15, 0.2) is 11.6 Å². The molecule has 1 aliphatic heterocycles. The van der Waals surface area contributed by atoms with Crippen LogP contribution in [0.4, 0.5) is 8.78 Å². The van der Waals surface area contributed by atoms with E-state index in [1.54, 1.807) is 6.07 Å². The van der Waals surface area contributed by atoms with E-state index in [1.165, 1.54) is 6.07 Å². The summed E-state index contributed by atoms with van der Waals surface area (Å²) >= 11 is 0. The van der Waals surface area contributed by atoms with Crippen molar-refractivity contribution in [2.75, 3.05) is 13.1 Å². The van der Waals surface area contributed by atoms with Gasteiger partial charge < -0.3 is 5.11 Å². The molecule has 17 heavy (non-hydrogen) atoms. The van der Waals surface area contributed by atoms with Gasteiger partial charge in [-0.3, -0.25) is 4.90 Å². The molecule has 2 rings (SSSR count). The largest absolute Gasteiger partial charge is 0.389 e. The van der Waals surface area contributed by atoms with Crippen molar-refractivity contribution in [2.24, 2.45) is 0 Å². The molecule has 1 heterocycles. The van der Waals surface area contributed by atoms with Crippen LogP contribution in [0.5, 0.6) is 0 Å². The maximum atomic E-state index is 13.0. The van der Waals surface area contributed by atoms with Gasteiger partial charge in [-0.25, -0.2) is 8.78 Å². The molecule has 4 heteroatoms. The van der Waals surface area contributed by atoms with Crippen molar-refractivity contribution >= 4 is 0 Å². The van der Waals surface area contributed by atoms with Crippen molar-refractivity contribution in [1.29, 1.82) is 0 Å². The molecule has 1 atom stereocenters. The van der Waals surface area contributed by atoms with Gasteiger partial charge in [0.05, 0.1) is 5.60 Å². The Morgan fingerprint density at radius 2 is 2.12 bits per heavy atom. The molecule has 94 valence electrons. The van der Waals surface area contributed by atoms with Crippen LogP contribution < -0.4 is 0 Å². The summed E-state index contributed by atoms with van der Waals surface area (Å²) in [6, 6.07) is 3.95. The third-order valence-electron chi connectivity index (χ3n) is 3.14. The highest BCUT2D eigenvalue weighted by molar-refractivity contribution is 5.17. The Balaban J connectivity index is 2.03. The monoisotopic (exact) mass is 241 g/mol. The predicted octanol–water partition coefficient (Wildman–Crippen LogP) is 2.31. The molecule has 0 saturated carbocycles. The molecule has 2 nitrogen and oxygen atoms in total. The molecular formula is C13H17F2NO. The number of rotatable bonds is 2. The van der Waals surface area contributed by atoms with E-state index in [1.807, 2.05) is 6.92 Å². The van der Waals surface area contributed by atoms with Crippen molar-refractivity contribution in [3.63, 3.8) is 0 Å². The van der Waals surface area contributed by atoms with Gasteiger partial charge in [0.2, 0.25) is 0 Å². The number of benzene rings is 1. The lowest BCUT2D eigenvalue weighted by molar-refractivity contribution is -0.0181. The molecule has 1 aromatic rings. The Morgan fingerprint density at radius 1 is 1.35 bits per heavy atom. The number of halogens is 2. The van der Waals surface area contributed by atoms with Gasteiger partial charge in [0.1, 0.15) is 0 Å². The quantitative estimate of drug-likeness (QED) is 0.859. The summed E-state index contributed by atoms with van der Waals surface area (Å²) in [6.07, 6.45) is 1.72. The maximum Gasteiger partial charge on any atom is 0.159 e. The van der Waals surface area contributed by atoms with Crippen molar-refractivity contribution in [2.45, 2.75) is 31.9 Å². The second kappa shape index (κ2) is 4.70. The highest BCUT2D eigenvalue weighted by atomic mass is 19.2. The van der Waals surface area contributed by atoms with Crippen molar-refractivity contribution in [1.82, 2.24) is 4.90 Å². The first-order chi connectivity index (χ1) is 7.96. The van der Waals surface area contributed by atoms with Crippen molar-refractivity contribution in [3.8, 4) is 0 Å². The van der Waals surface area contributed by atoms with Crippen LogP contribution in [-0.2, 0) is 6.54 Å². The lowest BCUT2D eigenvalue weighted by Crippen LogP contribution is -2.45. The van der Waals surface area contributed by atoms with Gasteiger partial charge in [0, 0.05) is 13.1 Å². The first kappa shape index (κ1) is 12.5. The molecule has 1 aliphatic rings. The molecular weight excluding hydrogens is 224 g/mol. The highest BCUT2D eigenvalue weighted by Crippen LogP contribution is 2.22. The number of piperidine rings is 1. The van der Waals surface area contributed by atoms with E-state index in [-0.39, 0.29) is 0 Å². The smallest absolute Gasteiger partial charge is 0.159 e. The molecule has 1 fully saturated rings. The maximum absolute atomic E-state index is 13.0. The fourth-order valence-corrected chi connectivity index (χ4v) is 2.35. The summed E-state index contributed by atoms with van der Waals surface area (Å²) < 4.78 is 25.8. The average Bonchev–Trinajstić information content (AvgIpc) is 2.22. The zero-order valence-corrected chi connectivity index (χ0v) is 9.92. The van der Waals surface area contributed by atoms with E-state index >= 15 is 0 Å². The second-order valence-corrected chi connectivity index (χ2v) is 5.06. The van der Waals surface area contributed by atoms with Crippen LogP contribution in [0.15, 0.2) is 18.2 Å². The third-order valence-corrected chi connectivity index (χ3v) is 3.14. The standard InChI is InChI=1S/C13H17F2NO/c1-13(17)5-2-6-16(9-13)8-10-3-4-11(14)12(15)7-10/h3-4,7,17H,2,5-6,8-9H2,1H3. The molecule has 0 spiro atoms. The molecule has 0 aliphatic carbocycles. The lowest BCUT2D eigenvalue weighted by atomic mass is 9.95. The first-order valence-electron chi connectivity index (χ1n) is 5.85. The van der Waals surface area contributed by atoms with Crippen LogP contribution in [0.1, 0.15) is 25.3 Å². The van der Waals surface area contributed by atoms with Crippen molar-refractivity contribution < 1.29 is 13.9 Å². The van der Waals surface area contributed by atoms with E-state index in [0.717, 1.165) is 31.0 Å². The molecule has 0 bridgehead atoms. The Hall–Kier alpha value is -1.00. The number of nitrogens with zero attached hydrogens (tertiary/aromatic N) is 1. The number of aliphatic hydroxyl groups is 1. The minimum absolute atomic E-state index is 0.549. The fourth-order valence-electron chi connectivity index (χ4n) is 2.35. The normalized spacial score (nSPS) is 26.1. The lowest BCUT2D eigenvalue weighted by Gasteiger charge is -2.36. The topological polar surface area (TPSA) is 23.5 Å². The molecule has 1 saturated heterocycles. The minimum atomic E-state index is -0.820. The zero-order chi connectivity index (χ0) is 12.5. The summed E-state index contributed by atoms with van der Waals surface area (Å²) in [4.78, 5) is 2.07. The Labute approximate surface area is 99.9 Å². The zero-order valence-electron chi connectivity index (χ0n) is 9.92. The van der Waals surface area contributed by atoms with Crippen molar-refractivity contribution in [3.05, 3.63) is 35.4 Å². The molecule has 1 aromatic carbocycles. The number of hydrogen-bond donors (Lipinski definition) is 1. The van der Waals surface area contributed by atoms with Crippen LogP contribution in [0, 0.1) is 11.6 Å². The Bertz CT molecular complexity index is 406. The summed E-state index contributed by atoms with van der Waals surface area (Å²) in [6.45, 7) is 3.82. The van der Waals surface area contributed by atoms with E-state index in [4.69, 9.17) is 0 Å². The third kappa shape index (κ3) is 3.23. The average molecular weight is 241 g/mol. The van der Waals surface area contributed by atoms with Gasteiger partial charge in [-0.2, -0.15) is 0 Å². The van der Waals surface area contributed by atoms with Gasteiger partial charge in [-0.15, -0.1) is 0 Å². The SMILES string of the molecule is CC1(O)CCCN(Cc2ccc(F)c(F)c2)C1. The second-order valence-electron chi connectivity index (χ2n) is 5.06. The van der Waals surface area contributed by atoms with Gasteiger partial charge in [0.25, 0.3) is 0 Å². The summed E-state index contributed by atoms with van der Waals surface area (Å²) in [7, 11) is 0. The van der Waals surface area contributed by atoms with Crippen LogP contribution >= 0.6 is 0 Å². The molecule has 1 unspecified atom stereocenters. The van der Waals surface area contributed by atoms with Crippen LogP contribution in [0.25, 0.3) is 0 Å². The van der Waals surface area contributed by atoms with E-state index in [9.17, 15) is 13.9 Å². The fraction of sp³-hybridized carbons (Fsp3) is 0.538. The molecule has 0 aromatic heterocycles. The summed E-state index contributed by atoms with van der Waals surface area (Å²) in [5, 5.41) is 9.95. The number of β-amino-alcohol motifs (C(OH)–C–C–N with tert-alkyl or cyclic N) is 1. The molecule has 1 N–H and O–H groups in total. The Morgan fingerprint density at radius 3 is 2.76 bits per heavy atom. The van der Waals surface area contributed by atoms with E-state index < -0.39 is 17.2 Å². The van der Waals surface area contributed by atoms with Crippen LogP contribution in [-0.4, -0.2) is 28.7 Å². The van der Waals surface area contributed by atoms with Crippen LogP contribution in [0.2, 0.25) is 0 Å².